The third kappa shape index (κ3) is 3.72. The molecule has 3 rings (SSSR count). The van der Waals surface area contributed by atoms with E-state index in [0.717, 1.165) is 19.4 Å². The summed E-state index contributed by atoms with van der Waals surface area (Å²) in [6.45, 7) is 6.38. The van der Waals surface area contributed by atoms with Gasteiger partial charge in [0.15, 0.2) is 5.58 Å². The Morgan fingerprint density at radius 3 is 2.73 bits per heavy atom. The van der Waals surface area contributed by atoms with Crippen LogP contribution in [0.2, 0.25) is 0 Å². The van der Waals surface area contributed by atoms with E-state index in [-0.39, 0.29) is 11.0 Å². The summed E-state index contributed by atoms with van der Waals surface area (Å²) < 4.78 is 34.5. The number of β-amino-alcohol motifs (C(OH)–C–C–N with tert-alkyl or cyclic N) is 1. The van der Waals surface area contributed by atoms with Crippen LogP contribution >= 0.6 is 12.2 Å². The molecule has 1 atom stereocenters. The maximum atomic E-state index is 12.8. The molecule has 144 valence electrons. The molecule has 0 radical (unpaired) electrons. The van der Waals surface area contributed by atoms with Crippen LogP contribution in [0.5, 0.6) is 0 Å². The van der Waals surface area contributed by atoms with E-state index in [1.807, 2.05) is 13.8 Å². The Bertz CT molecular complexity index is 931. The highest BCUT2D eigenvalue weighted by molar-refractivity contribution is 7.89. The third-order valence-corrected chi connectivity index (χ3v) is 7.15. The molecular formula is C17H25N3O4S2. The second-order valence-electron chi connectivity index (χ2n) is 6.53. The van der Waals surface area contributed by atoms with Crippen molar-refractivity contribution in [2.24, 2.45) is 0 Å². The van der Waals surface area contributed by atoms with Crippen LogP contribution in [0.25, 0.3) is 11.1 Å². The summed E-state index contributed by atoms with van der Waals surface area (Å²) in [7, 11) is -3.55. The van der Waals surface area contributed by atoms with Gasteiger partial charge in [-0.3, -0.25) is 9.47 Å². The summed E-state index contributed by atoms with van der Waals surface area (Å²) in [6, 6.07) is 4.84. The number of likely N-dealkylation sites (tertiary alicyclic amines) is 1. The molecule has 1 fully saturated rings. The van der Waals surface area contributed by atoms with Crippen molar-refractivity contribution in [3.8, 4) is 0 Å². The topological polar surface area (TPSA) is 78.9 Å². The minimum Gasteiger partial charge on any atom is -0.429 e. The van der Waals surface area contributed by atoms with Gasteiger partial charge in [-0.25, -0.2) is 8.42 Å². The summed E-state index contributed by atoms with van der Waals surface area (Å²) in [5.41, 5.74) is 1.22. The van der Waals surface area contributed by atoms with Crippen molar-refractivity contribution in [3.05, 3.63) is 23.0 Å². The third-order valence-electron chi connectivity index (χ3n) is 4.80. The molecule has 1 unspecified atom stereocenters. The fourth-order valence-corrected chi connectivity index (χ4v) is 5.13. The van der Waals surface area contributed by atoms with Crippen LogP contribution in [0.15, 0.2) is 27.5 Å². The molecule has 7 nitrogen and oxygen atoms in total. The molecule has 0 aliphatic carbocycles. The number of fused-ring (bicyclic) bond motifs is 1. The van der Waals surface area contributed by atoms with E-state index in [1.54, 1.807) is 22.8 Å². The van der Waals surface area contributed by atoms with E-state index in [1.165, 1.54) is 4.31 Å². The Labute approximate surface area is 158 Å². The second-order valence-corrected chi connectivity index (χ2v) is 8.82. The fourth-order valence-electron chi connectivity index (χ4n) is 3.41. The average molecular weight is 400 g/mol. The fraction of sp³-hybridized carbons (Fsp3) is 0.588. The van der Waals surface area contributed by atoms with Gasteiger partial charge in [0.25, 0.3) is 4.84 Å². The number of sulfonamides is 1. The monoisotopic (exact) mass is 399 g/mol. The number of aliphatic hydroxyl groups excluding tert-OH is 1. The molecule has 0 amide bonds. The largest absolute Gasteiger partial charge is 0.429 e. The Morgan fingerprint density at radius 1 is 1.35 bits per heavy atom. The first-order valence-corrected chi connectivity index (χ1v) is 10.8. The van der Waals surface area contributed by atoms with Crippen LogP contribution < -0.4 is 0 Å². The van der Waals surface area contributed by atoms with E-state index >= 15 is 0 Å². The zero-order valence-electron chi connectivity index (χ0n) is 15.1. The highest BCUT2D eigenvalue weighted by Crippen LogP contribution is 2.25. The van der Waals surface area contributed by atoms with Crippen LogP contribution in [0.3, 0.4) is 0 Å². The minimum absolute atomic E-state index is 0.233. The first kappa shape index (κ1) is 19.5. The summed E-state index contributed by atoms with van der Waals surface area (Å²) in [5, 5.41) is 9.87. The Kier molecular flexibility index (Phi) is 5.83. The molecule has 0 spiro atoms. The smallest absolute Gasteiger partial charge is 0.270 e. The molecule has 1 aliphatic heterocycles. The van der Waals surface area contributed by atoms with Gasteiger partial charge in [0.05, 0.1) is 23.2 Å². The number of oxazole rings is 1. The standard InChI is InChI=1S/C17H25N3O4S2/c1-3-19(4-2)26(22,23)14-7-8-16-15(10-14)20(17(25)24-16)12-18-9-5-6-13(21)11-18/h7-8,10,13,21H,3-6,9,11-12H2,1-2H3. The normalized spacial score (nSPS) is 19.5. The van der Waals surface area contributed by atoms with Gasteiger partial charge in [0.1, 0.15) is 0 Å². The van der Waals surface area contributed by atoms with E-state index in [0.29, 0.717) is 42.2 Å². The Balaban J connectivity index is 2.00. The number of piperidine rings is 1. The molecule has 1 aromatic carbocycles. The summed E-state index contributed by atoms with van der Waals surface area (Å²) in [5.74, 6) is 0. The maximum Gasteiger partial charge on any atom is 0.270 e. The van der Waals surface area contributed by atoms with Crippen molar-refractivity contribution in [3.63, 3.8) is 0 Å². The zero-order valence-corrected chi connectivity index (χ0v) is 16.7. The van der Waals surface area contributed by atoms with Crippen molar-refractivity contribution in [1.29, 1.82) is 0 Å². The molecule has 2 aromatic rings. The second kappa shape index (κ2) is 7.77. The van der Waals surface area contributed by atoms with Gasteiger partial charge in [-0.1, -0.05) is 13.8 Å². The van der Waals surface area contributed by atoms with Crippen LogP contribution in [-0.2, 0) is 16.7 Å². The zero-order chi connectivity index (χ0) is 18.9. The van der Waals surface area contributed by atoms with Gasteiger partial charge in [0, 0.05) is 26.2 Å². The molecule has 1 aliphatic rings. The van der Waals surface area contributed by atoms with Crippen molar-refractivity contribution in [2.75, 3.05) is 26.2 Å². The lowest BCUT2D eigenvalue weighted by atomic mass is 10.1. The maximum absolute atomic E-state index is 12.8. The lowest BCUT2D eigenvalue weighted by molar-refractivity contribution is 0.0542. The number of hydrogen-bond acceptors (Lipinski definition) is 6. The molecule has 0 saturated carbocycles. The van der Waals surface area contributed by atoms with Gasteiger partial charge >= 0.3 is 0 Å². The predicted octanol–water partition coefficient (Wildman–Crippen LogP) is 2.41. The molecule has 1 N–H and O–H groups in total. The van der Waals surface area contributed by atoms with Crippen molar-refractivity contribution < 1.29 is 17.9 Å². The first-order valence-electron chi connectivity index (χ1n) is 8.90. The number of aliphatic hydroxyl groups is 1. The number of aromatic nitrogens is 1. The van der Waals surface area contributed by atoms with Gasteiger partial charge < -0.3 is 9.52 Å². The van der Waals surface area contributed by atoms with Gasteiger partial charge in [-0.2, -0.15) is 4.31 Å². The van der Waals surface area contributed by atoms with Crippen LogP contribution in [0.1, 0.15) is 26.7 Å². The summed E-state index contributed by atoms with van der Waals surface area (Å²) >= 11 is 5.33. The number of hydrogen-bond donors (Lipinski definition) is 1. The van der Waals surface area contributed by atoms with E-state index < -0.39 is 10.0 Å². The molecule has 0 bridgehead atoms. The highest BCUT2D eigenvalue weighted by Gasteiger charge is 2.24. The lowest BCUT2D eigenvalue weighted by Gasteiger charge is -2.30. The number of nitrogens with zero attached hydrogens (tertiary/aromatic N) is 3. The molecule has 1 aromatic heterocycles. The summed E-state index contributed by atoms with van der Waals surface area (Å²) in [6.07, 6.45) is 1.39. The Morgan fingerprint density at radius 2 is 2.08 bits per heavy atom. The van der Waals surface area contributed by atoms with E-state index in [9.17, 15) is 13.5 Å². The molecule has 26 heavy (non-hydrogen) atoms. The molecule has 2 heterocycles. The summed E-state index contributed by atoms with van der Waals surface area (Å²) in [4.78, 5) is 2.64. The number of benzene rings is 1. The molecular weight excluding hydrogens is 374 g/mol. The van der Waals surface area contributed by atoms with E-state index in [4.69, 9.17) is 16.6 Å². The van der Waals surface area contributed by atoms with Gasteiger partial charge in [0.2, 0.25) is 10.0 Å². The predicted molar refractivity (Wildman–Crippen MR) is 102 cm³/mol. The highest BCUT2D eigenvalue weighted by atomic mass is 32.2. The van der Waals surface area contributed by atoms with E-state index in [2.05, 4.69) is 4.90 Å². The average Bonchev–Trinajstić information content (AvgIpc) is 2.91. The van der Waals surface area contributed by atoms with Crippen molar-refractivity contribution in [1.82, 2.24) is 13.8 Å². The quantitative estimate of drug-likeness (QED) is 0.752. The van der Waals surface area contributed by atoms with Crippen molar-refractivity contribution in [2.45, 2.75) is 44.4 Å². The SMILES string of the molecule is CCN(CC)S(=O)(=O)c1ccc2oc(=S)n(CN3CCCC(O)C3)c2c1. The minimum atomic E-state index is -3.55. The van der Waals surface area contributed by atoms with Gasteiger partial charge in [-0.15, -0.1) is 0 Å². The van der Waals surface area contributed by atoms with Crippen LogP contribution in [0.4, 0.5) is 0 Å². The van der Waals surface area contributed by atoms with Crippen LogP contribution in [-0.4, -0.2) is 59.6 Å². The van der Waals surface area contributed by atoms with Crippen LogP contribution in [0, 0.1) is 4.84 Å². The molecule has 1 saturated heterocycles. The first-order chi connectivity index (χ1) is 12.4. The Hall–Kier alpha value is -1.26. The molecule has 9 heteroatoms. The lowest BCUT2D eigenvalue weighted by Crippen LogP contribution is -2.39. The van der Waals surface area contributed by atoms with Gasteiger partial charge in [-0.05, 0) is 43.3 Å². The van der Waals surface area contributed by atoms with Crippen molar-refractivity contribution >= 4 is 33.3 Å². The number of rotatable bonds is 6.